The number of carbonyl (C=O) groups is 1. The molecular formula is C15H15NO2S. The van der Waals surface area contributed by atoms with Crippen LogP contribution in [0, 0.1) is 0 Å². The number of hydrogen-bond acceptors (Lipinski definition) is 3. The first kappa shape index (κ1) is 12.5. The van der Waals surface area contributed by atoms with Gasteiger partial charge in [-0.15, -0.1) is 0 Å². The molecule has 1 aliphatic heterocycles. The number of anilines is 1. The highest BCUT2D eigenvalue weighted by Crippen LogP contribution is 2.29. The molecule has 1 fully saturated rings. The van der Waals surface area contributed by atoms with Crippen molar-refractivity contribution in [1.29, 1.82) is 0 Å². The fourth-order valence-corrected chi connectivity index (χ4v) is 3.49. The second kappa shape index (κ2) is 4.87. The summed E-state index contributed by atoms with van der Waals surface area (Å²) in [5.74, 6) is 1.02. The third-order valence-corrected chi connectivity index (χ3v) is 4.61. The van der Waals surface area contributed by atoms with Crippen LogP contribution in [0.3, 0.4) is 0 Å². The Morgan fingerprint density at radius 3 is 2.74 bits per heavy atom. The third-order valence-electron chi connectivity index (χ3n) is 3.43. The highest BCUT2D eigenvalue weighted by atomic mass is 32.2. The zero-order valence-electron chi connectivity index (χ0n) is 10.4. The average Bonchev–Trinajstić information content (AvgIpc) is 2.87. The summed E-state index contributed by atoms with van der Waals surface area (Å²) in [6, 6.07) is 13.8. The van der Waals surface area contributed by atoms with Crippen LogP contribution >= 0.6 is 11.8 Å². The van der Waals surface area contributed by atoms with Crippen LogP contribution in [0.4, 0.5) is 5.69 Å². The molecule has 0 aromatic heterocycles. The summed E-state index contributed by atoms with van der Waals surface area (Å²) in [4.78, 5) is 12.1. The molecule has 1 aliphatic rings. The number of rotatable bonds is 2. The van der Waals surface area contributed by atoms with E-state index < -0.39 is 5.60 Å². The topological polar surface area (TPSA) is 49.3 Å². The van der Waals surface area contributed by atoms with Crippen LogP contribution in [0.25, 0.3) is 10.8 Å². The van der Waals surface area contributed by atoms with Gasteiger partial charge in [0.25, 0.3) is 5.91 Å². The van der Waals surface area contributed by atoms with Gasteiger partial charge in [-0.05, 0) is 35.1 Å². The Hall–Kier alpha value is -1.52. The van der Waals surface area contributed by atoms with Crippen LogP contribution in [-0.2, 0) is 4.79 Å². The Morgan fingerprint density at radius 1 is 1.21 bits per heavy atom. The monoisotopic (exact) mass is 273 g/mol. The van der Waals surface area contributed by atoms with E-state index in [0.29, 0.717) is 12.2 Å². The number of nitrogens with one attached hydrogen (secondary N) is 1. The number of carbonyl (C=O) groups excluding carboxylic acids is 1. The number of amides is 1. The molecule has 4 heteroatoms. The van der Waals surface area contributed by atoms with Crippen molar-refractivity contribution in [3.63, 3.8) is 0 Å². The molecule has 0 bridgehead atoms. The van der Waals surface area contributed by atoms with E-state index in [0.717, 1.165) is 22.2 Å². The van der Waals surface area contributed by atoms with E-state index in [9.17, 15) is 9.90 Å². The lowest BCUT2D eigenvalue weighted by Crippen LogP contribution is -2.42. The molecule has 3 nitrogen and oxygen atoms in total. The van der Waals surface area contributed by atoms with E-state index in [1.54, 1.807) is 11.8 Å². The Morgan fingerprint density at radius 2 is 2.00 bits per heavy atom. The van der Waals surface area contributed by atoms with Gasteiger partial charge in [0.1, 0.15) is 0 Å². The van der Waals surface area contributed by atoms with Gasteiger partial charge in [0.2, 0.25) is 0 Å². The van der Waals surface area contributed by atoms with Crippen molar-refractivity contribution in [2.24, 2.45) is 0 Å². The molecule has 1 heterocycles. The van der Waals surface area contributed by atoms with Crippen LogP contribution in [0.1, 0.15) is 6.42 Å². The standard InChI is InChI=1S/C15H15NO2S/c17-14(15(18)7-8-19-10-15)16-13-6-5-11-3-1-2-4-12(11)9-13/h1-6,9,18H,7-8,10H2,(H,16,17). The number of hydrogen-bond donors (Lipinski definition) is 2. The van der Waals surface area contributed by atoms with Crippen molar-refractivity contribution < 1.29 is 9.90 Å². The normalized spacial score (nSPS) is 22.6. The Labute approximate surface area is 116 Å². The maximum absolute atomic E-state index is 12.1. The van der Waals surface area contributed by atoms with Crippen LogP contribution in [0.15, 0.2) is 42.5 Å². The zero-order valence-corrected chi connectivity index (χ0v) is 11.2. The van der Waals surface area contributed by atoms with E-state index in [2.05, 4.69) is 5.32 Å². The first-order valence-corrected chi connectivity index (χ1v) is 7.43. The SMILES string of the molecule is O=C(Nc1ccc2ccccc2c1)C1(O)CCSC1. The molecular weight excluding hydrogens is 258 g/mol. The van der Waals surface area contributed by atoms with Crippen molar-refractivity contribution in [1.82, 2.24) is 0 Å². The minimum Gasteiger partial charge on any atom is -0.379 e. The van der Waals surface area contributed by atoms with E-state index in [1.807, 2.05) is 42.5 Å². The fourth-order valence-electron chi connectivity index (χ4n) is 2.25. The molecule has 3 rings (SSSR count). The second-order valence-electron chi connectivity index (χ2n) is 4.85. The molecule has 1 saturated heterocycles. The molecule has 1 unspecified atom stereocenters. The van der Waals surface area contributed by atoms with Gasteiger partial charge >= 0.3 is 0 Å². The van der Waals surface area contributed by atoms with E-state index >= 15 is 0 Å². The smallest absolute Gasteiger partial charge is 0.257 e. The molecule has 0 spiro atoms. The van der Waals surface area contributed by atoms with Crippen LogP contribution < -0.4 is 5.32 Å². The van der Waals surface area contributed by atoms with E-state index in [4.69, 9.17) is 0 Å². The van der Waals surface area contributed by atoms with Gasteiger partial charge in [0.15, 0.2) is 5.60 Å². The first-order valence-electron chi connectivity index (χ1n) is 6.28. The van der Waals surface area contributed by atoms with Crippen molar-refractivity contribution >= 4 is 34.1 Å². The molecule has 1 amide bonds. The summed E-state index contributed by atoms with van der Waals surface area (Å²) >= 11 is 1.61. The number of fused-ring (bicyclic) bond motifs is 1. The molecule has 98 valence electrons. The predicted octanol–water partition coefficient (Wildman–Crippen LogP) is 2.65. The van der Waals surface area contributed by atoms with Crippen LogP contribution in [-0.4, -0.2) is 28.1 Å². The fraction of sp³-hybridized carbons (Fsp3) is 0.267. The lowest BCUT2D eigenvalue weighted by Gasteiger charge is -2.20. The molecule has 19 heavy (non-hydrogen) atoms. The lowest BCUT2D eigenvalue weighted by atomic mass is 10.0. The number of thioether (sulfide) groups is 1. The summed E-state index contributed by atoms with van der Waals surface area (Å²) in [5, 5.41) is 15.2. The summed E-state index contributed by atoms with van der Waals surface area (Å²) in [5.41, 5.74) is -0.481. The van der Waals surface area contributed by atoms with E-state index in [-0.39, 0.29) is 5.91 Å². The predicted molar refractivity (Wildman–Crippen MR) is 79.5 cm³/mol. The van der Waals surface area contributed by atoms with Gasteiger partial charge in [-0.25, -0.2) is 0 Å². The van der Waals surface area contributed by atoms with Gasteiger partial charge in [0.05, 0.1) is 0 Å². The van der Waals surface area contributed by atoms with Gasteiger partial charge in [-0.1, -0.05) is 30.3 Å². The highest BCUT2D eigenvalue weighted by Gasteiger charge is 2.39. The van der Waals surface area contributed by atoms with Crippen molar-refractivity contribution in [2.75, 3.05) is 16.8 Å². The van der Waals surface area contributed by atoms with Gasteiger partial charge in [0, 0.05) is 11.4 Å². The Balaban J connectivity index is 1.83. The Kier molecular flexibility index (Phi) is 3.21. The maximum Gasteiger partial charge on any atom is 0.257 e. The van der Waals surface area contributed by atoms with Gasteiger partial charge < -0.3 is 10.4 Å². The second-order valence-corrected chi connectivity index (χ2v) is 5.96. The zero-order chi connectivity index (χ0) is 13.3. The number of aliphatic hydroxyl groups is 1. The molecule has 0 aliphatic carbocycles. The molecule has 1 atom stereocenters. The lowest BCUT2D eigenvalue weighted by molar-refractivity contribution is -0.131. The quantitative estimate of drug-likeness (QED) is 0.884. The minimum absolute atomic E-state index is 0.298. The maximum atomic E-state index is 12.1. The molecule has 0 radical (unpaired) electrons. The van der Waals surface area contributed by atoms with Crippen LogP contribution in [0.2, 0.25) is 0 Å². The summed E-state index contributed by atoms with van der Waals surface area (Å²) in [7, 11) is 0. The van der Waals surface area contributed by atoms with Crippen LogP contribution in [0.5, 0.6) is 0 Å². The first-order chi connectivity index (χ1) is 9.17. The number of benzene rings is 2. The Bertz CT molecular complexity index is 620. The largest absolute Gasteiger partial charge is 0.379 e. The third kappa shape index (κ3) is 2.46. The van der Waals surface area contributed by atoms with Crippen molar-refractivity contribution in [3.8, 4) is 0 Å². The minimum atomic E-state index is -1.21. The summed E-state index contributed by atoms with van der Waals surface area (Å²) < 4.78 is 0. The molecule has 0 saturated carbocycles. The molecule has 2 aromatic carbocycles. The van der Waals surface area contributed by atoms with Crippen molar-refractivity contribution in [2.45, 2.75) is 12.0 Å². The van der Waals surface area contributed by atoms with Gasteiger partial charge in [-0.3, -0.25) is 4.79 Å². The summed E-state index contributed by atoms with van der Waals surface area (Å²) in [6.45, 7) is 0. The van der Waals surface area contributed by atoms with Gasteiger partial charge in [-0.2, -0.15) is 11.8 Å². The average molecular weight is 273 g/mol. The molecule has 2 aromatic rings. The summed E-state index contributed by atoms with van der Waals surface area (Å²) in [6.07, 6.45) is 0.525. The van der Waals surface area contributed by atoms with Crippen molar-refractivity contribution in [3.05, 3.63) is 42.5 Å². The van der Waals surface area contributed by atoms with E-state index in [1.165, 1.54) is 0 Å². The highest BCUT2D eigenvalue weighted by molar-refractivity contribution is 7.99. The molecule has 2 N–H and O–H groups in total.